The number of rotatable bonds is 4. The summed E-state index contributed by atoms with van der Waals surface area (Å²) in [5, 5.41) is 12.7. The SMILES string of the molecule is Cc1cc(NCC(O)C2CC2)ncn1. The fourth-order valence-electron chi connectivity index (χ4n) is 1.41. The molecule has 1 heterocycles. The van der Waals surface area contributed by atoms with E-state index in [9.17, 15) is 5.11 Å². The van der Waals surface area contributed by atoms with E-state index in [0.29, 0.717) is 12.5 Å². The van der Waals surface area contributed by atoms with Crippen molar-refractivity contribution < 1.29 is 5.11 Å². The van der Waals surface area contributed by atoms with Crippen molar-refractivity contribution in [1.29, 1.82) is 0 Å². The minimum atomic E-state index is -0.231. The van der Waals surface area contributed by atoms with Crippen LogP contribution in [-0.2, 0) is 0 Å². The van der Waals surface area contributed by atoms with Gasteiger partial charge in [-0.3, -0.25) is 0 Å². The van der Waals surface area contributed by atoms with Crippen LogP contribution in [0.5, 0.6) is 0 Å². The zero-order valence-corrected chi connectivity index (χ0v) is 8.27. The minimum absolute atomic E-state index is 0.231. The van der Waals surface area contributed by atoms with E-state index in [1.165, 1.54) is 6.33 Å². The Morgan fingerprint density at radius 3 is 3.00 bits per heavy atom. The number of aryl methyl sites for hydroxylation is 1. The lowest BCUT2D eigenvalue weighted by Crippen LogP contribution is -2.21. The van der Waals surface area contributed by atoms with Crippen LogP contribution in [0.25, 0.3) is 0 Å². The van der Waals surface area contributed by atoms with Crippen LogP contribution in [0.15, 0.2) is 12.4 Å². The summed E-state index contributed by atoms with van der Waals surface area (Å²) in [6, 6.07) is 1.87. The summed E-state index contributed by atoms with van der Waals surface area (Å²) in [6.45, 7) is 2.51. The van der Waals surface area contributed by atoms with Crippen LogP contribution in [0.4, 0.5) is 5.82 Å². The van der Waals surface area contributed by atoms with Crippen molar-refractivity contribution in [2.24, 2.45) is 5.92 Å². The molecular weight excluding hydrogens is 178 g/mol. The van der Waals surface area contributed by atoms with Gasteiger partial charge >= 0.3 is 0 Å². The number of aliphatic hydroxyl groups excluding tert-OH is 1. The molecule has 1 aromatic heterocycles. The second kappa shape index (κ2) is 3.92. The molecule has 1 atom stereocenters. The van der Waals surface area contributed by atoms with Gasteiger partial charge in [-0.1, -0.05) is 0 Å². The molecule has 4 nitrogen and oxygen atoms in total. The fraction of sp³-hybridized carbons (Fsp3) is 0.600. The van der Waals surface area contributed by atoms with Crippen LogP contribution in [0.2, 0.25) is 0 Å². The first kappa shape index (κ1) is 9.40. The Kier molecular flexibility index (Phi) is 2.63. The number of nitrogens with one attached hydrogen (secondary N) is 1. The molecule has 0 saturated heterocycles. The molecule has 0 amide bonds. The summed E-state index contributed by atoms with van der Waals surface area (Å²) >= 11 is 0. The Morgan fingerprint density at radius 2 is 2.36 bits per heavy atom. The maximum atomic E-state index is 9.61. The molecule has 2 rings (SSSR count). The molecule has 0 radical (unpaired) electrons. The molecule has 76 valence electrons. The molecule has 0 aliphatic heterocycles. The molecule has 1 aliphatic carbocycles. The third-order valence-corrected chi connectivity index (χ3v) is 2.46. The highest BCUT2D eigenvalue weighted by Gasteiger charge is 2.29. The lowest BCUT2D eigenvalue weighted by atomic mass is 10.2. The number of aliphatic hydroxyl groups is 1. The van der Waals surface area contributed by atoms with E-state index in [4.69, 9.17) is 0 Å². The molecular formula is C10H15N3O. The van der Waals surface area contributed by atoms with Gasteiger partial charge in [-0.2, -0.15) is 0 Å². The Labute approximate surface area is 83.4 Å². The first-order chi connectivity index (χ1) is 6.75. The predicted octanol–water partition coefficient (Wildman–Crippen LogP) is 0.968. The van der Waals surface area contributed by atoms with E-state index in [1.54, 1.807) is 0 Å². The molecule has 2 N–H and O–H groups in total. The van der Waals surface area contributed by atoms with Crippen molar-refractivity contribution in [3.05, 3.63) is 18.1 Å². The van der Waals surface area contributed by atoms with Gasteiger partial charge in [-0.15, -0.1) is 0 Å². The molecule has 4 heteroatoms. The second-order valence-electron chi connectivity index (χ2n) is 3.83. The van der Waals surface area contributed by atoms with Gasteiger partial charge in [0, 0.05) is 18.3 Å². The topological polar surface area (TPSA) is 58.0 Å². The van der Waals surface area contributed by atoms with Gasteiger partial charge in [0.1, 0.15) is 12.1 Å². The molecule has 1 aliphatic rings. The average molecular weight is 193 g/mol. The van der Waals surface area contributed by atoms with Crippen LogP contribution in [0.3, 0.4) is 0 Å². The van der Waals surface area contributed by atoms with Crippen LogP contribution in [-0.4, -0.2) is 27.7 Å². The van der Waals surface area contributed by atoms with Crippen molar-refractivity contribution in [3.63, 3.8) is 0 Å². The number of hydrogen-bond acceptors (Lipinski definition) is 4. The van der Waals surface area contributed by atoms with Gasteiger partial charge in [-0.25, -0.2) is 9.97 Å². The largest absolute Gasteiger partial charge is 0.391 e. The molecule has 14 heavy (non-hydrogen) atoms. The summed E-state index contributed by atoms with van der Waals surface area (Å²) in [6.07, 6.45) is 3.61. The van der Waals surface area contributed by atoms with Crippen molar-refractivity contribution in [2.75, 3.05) is 11.9 Å². The first-order valence-electron chi connectivity index (χ1n) is 4.96. The molecule has 1 saturated carbocycles. The zero-order valence-electron chi connectivity index (χ0n) is 8.27. The summed E-state index contributed by atoms with van der Waals surface area (Å²) in [7, 11) is 0. The highest BCUT2D eigenvalue weighted by molar-refractivity contribution is 5.34. The molecule has 1 aromatic rings. The summed E-state index contributed by atoms with van der Waals surface area (Å²) in [5.74, 6) is 1.29. The predicted molar refractivity (Wildman–Crippen MR) is 54.0 cm³/mol. The lowest BCUT2D eigenvalue weighted by molar-refractivity contribution is 0.164. The van der Waals surface area contributed by atoms with Crippen LogP contribution >= 0.6 is 0 Å². The van der Waals surface area contributed by atoms with Gasteiger partial charge in [0.15, 0.2) is 0 Å². The highest BCUT2D eigenvalue weighted by atomic mass is 16.3. The van der Waals surface area contributed by atoms with Crippen LogP contribution in [0, 0.1) is 12.8 Å². The zero-order chi connectivity index (χ0) is 9.97. The van der Waals surface area contributed by atoms with Crippen molar-refractivity contribution in [1.82, 2.24) is 9.97 Å². The Morgan fingerprint density at radius 1 is 1.57 bits per heavy atom. The highest BCUT2D eigenvalue weighted by Crippen LogP contribution is 2.32. The Bertz CT molecular complexity index is 312. The van der Waals surface area contributed by atoms with Crippen molar-refractivity contribution >= 4 is 5.82 Å². The summed E-state index contributed by atoms with van der Waals surface area (Å²) in [4.78, 5) is 8.06. The third-order valence-electron chi connectivity index (χ3n) is 2.46. The second-order valence-corrected chi connectivity index (χ2v) is 3.83. The maximum Gasteiger partial charge on any atom is 0.129 e. The quantitative estimate of drug-likeness (QED) is 0.748. The fourth-order valence-corrected chi connectivity index (χ4v) is 1.41. The third kappa shape index (κ3) is 2.42. The van der Waals surface area contributed by atoms with Gasteiger partial charge in [0.25, 0.3) is 0 Å². The van der Waals surface area contributed by atoms with Gasteiger partial charge < -0.3 is 10.4 Å². The number of anilines is 1. The van der Waals surface area contributed by atoms with Gasteiger partial charge in [0.05, 0.1) is 6.10 Å². The lowest BCUT2D eigenvalue weighted by Gasteiger charge is -2.10. The van der Waals surface area contributed by atoms with E-state index in [1.807, 2.05) is 13.0 Å². The monoisotopic (exact) mass is 193 g/mol. The first-order valence-corrected chi connectivity index (χ1v) is 4.96. The van der Waals surface area contributed by atoms with E-state index in [2.05, 4.69) is 15.3 Å². The van der Waals surface area contributed by atoms with Gasteiger partial charge in [0.2, 0.25) is 0 Å². The van der Waals surface area contributed by atoms with E-state index < -0.39 is 0 Å². The van der Waals surface area contributed by atoms with Crippen LogP contribution in [0.1, 0.15) is 18.5 Å². The normalized spacial score (nSPS) is 17.9. The number of aromatic nitrogens is 2. The van der Waals surface area contributed by atoms with Crippen LogP contribution < -0.4 is 5.32 Å². The van der Waals surface area contributed by atoms with Crippen molar-refractivity contribution in [3.8, 4) is 0 Å². The molecule has 1 unspecified atom stereocenters. The van der Waals surface area contributed by atoms with E-state index >= 15 is 0 Å². The molecule has 0 aromatic carbocycles. The Hall–Kier alpha value is -1.16. The molecule has 0 spiro atoms. The van der Waals surface area contributed by atoms with Crippen molar-refractivity contribution in [2.45, 2.75) is 25.9 Å². The number of nitrogens with zero attached hydrogens (tertiary/aromatic N) is 2. The smallest absolute Gasteiger partial charge is 0.129 e. The molecule has 1 fully saturated rings. The Balaban J connectivity index is 1.84. The van der Waals surface area contributed by atoms with Gasteiger partial charge in [-0.05, 0) is 25.7 Å². The summed E-state index contributed by atoms with van der Waals surface area (Å²) < 4.78 is 0. The minimum Gasteiger partial charge on any atom is -0.391 e. The average Bonchev–Trinajstić information content (AvgIpc) is 2.97. The number of hydrogen-bond donors (Lipinski definition) is 2. The van der Waals surface area contributed by atoms with E-state index in [-0.39, 0.29) is 6.10 Å². The summed E-state index contributed by atoms with van der Waals surface area (Å²) in [5.41, 5.74) is 0.934. The standard InChI is InChI=1S/C10H15N3O/c1-7-4-10(13-6-12-7)11-5-9(14)8-2-3-8/h4,6,8-9,14H,2-3,5H2,1H3,(H,11,12,13). The van der Waals surface area contributed by atoms with E-state index in [0.717, 1.165) is 24.4 Å². The molecule has 0 bridgehead atoms. The maximum absolute atomic E-state index is 9.61.